The van der Waals surface area contributed by atoms with E-state index in [0.29, 0.717) is 6.07 Å². The van der Waals surface area contributed by atoms with Gasteiger partial charge in [0.2, 0.25) is 5.88 Å². The molecule has 1 heterocycles. The number of pyridine rings is 1. The van der Waals surface area contributed by atoms with E-state index >= 15 is 0 Å². The summed E-state index contributed by atoms with van der Waals surface area (Å²) in [5.41, 5.74) is -1.36. The van der Waals surface area contributed by atoms with Gasteiger partial charge in [0.25, 0.3) is 0 Å². The predicted molar refractivity (Wildman–Crippen MR) is 55.7 cm³/mol. The highest BCUT2D eigenvalue weighted by Gasteiger charge is 2.35. The van der Waals surface area contributed by atoms with Gasteiger partial charge < -0.3 is 4.74 Å². The molecule has 0 aliphatic carbocycles. The molecule has 0 aliphatic heterocycles. The Bertz CT molecular complexity index is 540. The van der Waals surface area contributed by atoms with Crippen molar-refractivity contribution >= 4 is 0 Å². The summed E-state index contributed by atoms with van der Waals surface area (Å²) in [6.07, 6.45) is -3.37. The first-order valence-corrected chi connectivity index (χ1v) is 4.93. The standard InChI is InChI=1S/C12H7F4NO/c13-11-8(12(14,15)16)4-3-5-9(11)18-10-6-1-2-7-17-10/h1-7H. The Morgan fingerprint density at radius 3 is 2.39 bits per heavy atom. The molecule has 0 radical (unpaired) electrons. The second-order valence-corrected chi connectivity index (χ2v) is 3.39. The molecule has 1 aromatic carbocycles. The van der Waals surface area contributed by atoms with Gasteiger partial charge in [-0.1, -0.05) is 12.1 Å². The average molecular weight is 257 g/mol. The number of alkyl halides is 3. The molecule has 0 saturated heterocycles. The van der Waals surface area contributed by atoms with Gasteiger partial charge in [-0.15, -0.1) is 0 Å². The lowest BCUT2D eigenvalue weighted by atomic mass is 10.2. The topological polar surface area (TPSA) is 22.1 Å². The number of rotatable bonds is 2. The van der Waals surface area contributed by atoms with Crippen LogP contribution in [0, 0.1) is 5.82 Å². The largest absolute Gasteiger partial charge is 0.436 e. The van der Waals surface area contributed by atoms with Crippen molar-refractivity contribution in [3.05, 3.63) is 54.0 Å². The summed E-state index contributed by atoms with van der Waals surface area (Å²) in [6.45, 7) is 0. The van der Waals surface area contributed by atoms with Crippen LogP contribution in [0.4, 0.5) is 17.6 Å². The van der Waals surface area contributed by atoms with Gasteiger partial charge in [0.1, 0.15) is 0 Å². The van der Waals surface area contributed by atoms with Gasteiger partial charge in [0, 0.05) is 12.3 Å². The van der Waals surface area contributed by atoms with Gasteiger partial charge in [-0.05, 0) is 18.2 Å². The van der Waals surface area contributed by atoms with Gasteiger partial charge >= 0.3 is 6.18 Å². The minimum absolute atomic E-state index is 0.0238. The number of hydrogen-bond acceptors (Lipinski definition) is 2. The van der Waals surface area contributed by atoms with E-state index in [1.807, 2.05) is 0 Å². The van der Waals surface area contributed by atoms with Crippen LogP contribution in [0.25, 0.3) is 0 Å². The molecule has 0 saturated carbocycles. The van der Waals surface area contributed by atoms with Crippen LogP contribution in [-0.2, 0) is 6.18 Å². The Hall–Kier alpha value is -2.11. The highest BCUT2D eigenvalue weighted by atomic mass is 19.4. The average Bonchev–Trinajstić information content (AvgIpc) is 2.32. The monoisotopic (exact) mass is 257 g/mol. The SMILES string of the molecule is Fc1c(Oc2ccccn2)cccc1C(F)(F)F. The van der Waals surface area contributed by atoms with Crippen molar-refractivity contribution in [2.45, 2.75) is 6.18 Å². The van der Waals surface area contributed by atoms with Crippen LogP contribution in [0.5, 0.6) is 11.6 Å². The Labute approximate surface area is 99.8 Å². The van der Waals surface area contributed by atoms with E-state index in [-0.39, 0.29) is 5.88 Å². The van der Waals surface area contributed by atoms with E-state index in [2.05, 4.69) is 4.98 Å². The van der Waals surface area contributed by atoms with Gasteiger partial charge in [0.05, 0.1) is 5.56 Å². The van der Waals surface area contributed by atoms with Crippen LogP contribution < -0.4 is 4.74 Å². The van der Waals surface area contributed by atoms with Gasteiger partial charge in [0.15, 0.2) is 11.6 Å². The minimum Gasteiger partial charge on any atom is -0.436 e. The normalized spacial score (nSPS) is 11.3. The summed E-state index contributed by atoms with van der Waals surface area (Å²) in [4.78, 5) is 3.74. The van der Waals surface area contributed by atoms with Crippen molar-refractivity contribution in [2.24, 2.45) is 0 Å². The molecule has 0 spiro atoms. The second-order valence-electron chi connectivity index (χ2n) is 3.39. The molecule has 0 unspecified atom stereocenters. The van der Waals surface area contributed by atoms with E-state index < -0.39 is 23.3 Å². The molecule has 1 aromatic heterocycles. The van der Waals surface area contributed by atoms with Crippen LogP contribution in [-0.4, -0.2) is 4.98 Å². The molecule has 2 rings (SSSR count). The van der Waals surface area contributed by atoms with E-state index in [1.165, 1.54) is 12.3 Å². The quantitative estimate of drug-likeness (QED) is 0.758. The molecule has 0 amide bonds. The molecule has 94 valence electrons. The molecule has 18 heavy (non-hydrogen) atoms. The zero-order valence-electron chi connectivity index (χ0n) is 8.91. The van der Waals surface area contributed by atoms with Crippen LogP contribution >= 0.6 is 0 Å². The van der Waals surface area contributed by atoms with Crippen molar-refractivity contribution in [3.63, 3.8) is 0 Å². The minimum atomic E-state index is -4.76. The Morgan fingerprint density at radius 1 is 1.00 bits per heavy atom. The third kappa shape index (κ3) is 2.58. The highest BCUT2D eigenvalue weighted by Crippen LogP contribution is 2.35. The molecule has 0 bridgehead atoms. The number of halogens is 4. The molecule has 2 nitrogen and oxygen atoms in total. The van der Waals surface area contributed by atoms with Gasteiger partial charge in [-0.2, -0.15) is 13.2 Å². The zero-order chi connectivity index (χ0) is 13.2. The van der Waals surface area contributed by atoms with Crippen LogP contribution in [0.1, 0.15) is 5.56 Å². The van der Waals surface area contributed by atoms with Crippen molar-refractivity contribution < 1.29 is 22.3 Å². The second kappa shape index (κ2) is 4.64. The summed E-state index contributed by atoms with van der Waals surface area (Å²) in [7, 11) is 0. The first-order valence-electron chi connectivity index (χ1n) is 4.93. The lowest BCUT2D eigenvalue weighted by Gasteiger charge is -2.11. The zero-order valence-corrected chi connectivity index (χ0v) is 8.91. The Morgan fingerprint density at radius 2 is 1.78 bits per heavy atom. The molecular formula is C12H7F4NO. The van der Waals surface area contributed by atoms with Crippen molar-refractivity contribution in [3.8, 4) is 11.6 Å². The number of aromatic nitrogens is 1. The summed E-state index contributed by atoms with van der Waals surface area (Å²) in [6, 6.07) is 7.44. The number of benzene rings is 1. The third-order valence-electron chi connectivity index (χ3n) is 2.12. The van der Waals surface area contributed by atoms with Crippen LogP contribution in [0.15, 0.2) is 42.6 Å². The van der Waals surface area contributed by atoms with Crippen molar-refractivity contribution in [2.75, 3.05) is 0 Å². The Kier molecular flexibility index (Phi) is 3.18. The third-order valence-corrected chi connectivity index (χ3v) is 2.12. The van der Waals surface area contributed by atoms with Crippen LogP contribution in [0.3, 0.4) is 0 Å². The fourth-order valence-electron chi connectivity index (χ4n) is 1.33. The number of ether oxygens (including phenoxy) is 1. The molecule has 0 fully saturated rings. The van der Waals surface area contributed by atoms with E-state index in [1.54, 1.807) is 12.1 Å². The van der Waals surface area contributed by atoms with Crippen LogP contribution in [0.2, 0.25) is 0 Å². The fraction of sp³-hybridized carbons (Fsp3) is 0.0833. The molecule has 0 aliphatic rings. The summed E-state index contributed by atoms with van der Waals surface area (Å²) in [5.74, 6) is -1.94. The van der Waals surface area contributed by atoms with E-state index in [4.69, 9.17) is 4.74 Å². The smallest absolute Gasteiger partial charge is 0.419 e. The van der Waals surface area contributed by atoms with E-state index in [0.717, 1.165) is 12.1 Å². The molecule has 0 atom stereocenters. The van der Waals surface area contributed by atoms with E-state index in [9.17, 15) is 17.6 Å². The van der Waals surface area contributed by atoms with Gasteiger partial charge in [-0.25, -0.2) is 9.37 Å². The Balaban J connectivity index is 2.36. The summed E-state index contributed by atoms with van der Waals surface area (Å²) < 4.78 is 55.9. The lowest BCUT2D eigenvalue weighted by Crippen LogP contribution is -2.08. The lowest BCUT2D eigenvalue weighted by molar-refractivity contribution is -0.140. The van der Waals surface area contributed by atoms with Crippen molar-refractivity contribution in [1.82, 2.24) is 4.98 Å². The van der Waals surface area contributed by atoms with Crippen molar-refractivity contribution in [1.29, 1.82) is 0 Å². The summed E-state index contributed by atoms with van der Waals surface area (Å²) in [5, 5.41) is 0. The summed E-state index contributed by atoms with van der Waals surface area (Å²) >= 11 is 0. The molecular weight excluding hydrogens is 250 g/mol. The maximum Gasteiger partial charge on any atom is 0.419 e. The molecule has 2 aromatic rings. The maximum absolute atomic E-state index is 13.6. The first-order chi connectivity index (χ1) is 8.48. The number of hydrogen-bond donors (Lipinski definition) is 0. The van der Waals surface area contributed by atoms with Gasteiger partial charge in [-0.3, -0.25) is 0 Å². The first kappa shape index (κ1) is 12.3. The predicted octanol–water partition coefficient (Wildman–Crippen LogP) is 4.03. The fourth-order valence-corrected chi connectivity index (χ4v) is 1.33. The number of nitrogens with zero attached hydrogens (tertiary/aromatic N) is 1. The highest BCUT2D eigenvalue weighted by molar-refractivity contribution is 5.35. The molecule has 6 heteroatoms. The molecule has 0 N–H and O–H groups in total. The maximum atomic E-state index is 13.6.